The molecule has 5 atom stereocenters. The van der Waals surface area contributed by atoms with Crippen molar-refractivity contribution in [2.24, 2.45) is 17.8 Å². The van der Waals surface area contributed by atoms with Crippen molar-refractivity contribution in [3.63, 3.8) is 0 Å². The summed E-state index contributed by atoms with van der Waals surface area (Å²) < 4.78 is 45.3. The van der Waals surface area contributed by atoms with Gasteiger partial charge in [0, 0.05) is 13.1 Å². The van der Waals surface area contributed by atoms with Gasteiger partial charge in [0.2, 0.25) is 10.0 Å². The molecule has 232 valence electrons. The van der Waals surface area contributed by atoms with Gasteiger partial charge in [0.1, 0.15) is 5.75 Å². The summed E-state index contributed by atoms with van der Waals surface area (Å²) in [6.07, 6.45) is 4.31. The van der Waals surface area contributed by atoms with Crippen LogP contribution in [0.4, 0.5) is 4.79 Å². The van der Waals surface area contributed by atoms with Crippen molar-refractivity contribution in [3.05, 3.63) is 60.2 Å². The van der Waals surface area contributed by atoms with E-state index in [0.717, 1.165) is 18.4 Å². The fourth-order valence-corrected chi connectivity index (χ4v) is 7.72. The van der Waals surface area contributed by atoms with Gasteiger partial charge in [-0.2, -0.15) is 4.31 Å². The van der Waals surface area contributed by atoms with Crippen molar-refractivity contribution in [3.8, 4) is 5.75 Å². The van der Waals surface area contributed by atoms with Gasteiger partial charge in [-0.25, -0.2) is 13.2 Å². The molecule has 2 fully saturated rings. The maximum atomic E-state index is 13.6. The predicted molar refractivity (Wildman–Crippen MR) is 161 cm³/mol. The molecule has 1 aliphatic carbocycles. The first kappa shape index (κ1) is 32.3. The third kappa shape index (κ3) is 8.69. The molecule has 1 saturated heterocycles. The third-order valence-corrected chi connectivity index (χ3v) is 10.2. The van der Waals surface area contributed by atoms with E-state index in [4.69, 9.17) is 14.2 Å². The normalized spacial score (nSPS) is 22.0. The van der Waals surface area contributed by atoms with Gasteiger partial charge in [-0.3, -0.25) is 0 Å². The number of fused-ring (bicyclic) bond motifs is 1. The molecule has 2 aromatic rings. The Morgan fingerprint density at radius 1 is 1.07 bits per heavy atom. The molecule has 0 spiro atoms. The molecule has 10 heteroatoms. The van der Waals surface area contributed by atoms with E-state index in [1.165, 1.54) is 42.8 Å². The quantitative estimate of drug-likeness (QED) is 0.324. The van der Waals surface area contributed by atoms with Crippen LogP contribution in [-0.4, -0.2) is 75.6 Å². The highest BCUT2D eigenvalue weighted by Gasteiger charge is 2.38. The smallest absolute Gasteiger partial charge is 0.407 e. The number of alkyl carbamates (subject to hydrolysis) is 1. The second-order valence-electron chi connectivity index (χ2n) is 11.9. The summed E-state index contributed by atoms with van der Waals surface area (Å²) in [4.78, 5) is 13.0. The van der Waals surface area contributed by atoms with Gasteiger partial charge in [0.15, 0.2) is 0 Å². The Morgan fingerprint density at radius 3 is 2.48 bits per heavy atom. The summed E-state index contributed by atoms with van der Waals surface area (Å²) >= 11 is 0. The van der Waals surface area contributed by atoms with Crippen LogP contribution in [0.3, 0.4) is 0 Å². The van der Waals surface area contributed by atoms with Gasteiger partial charge in [-0.1, -0.05) is 57.0 Å². The van der Waals surface area contributed by atoms with Gasteiger partial charge < -0.3 is 24.6 Å². The van der Waals surface area contributed by atoms with E-state index in [1.807, 2.05) is 44.2 Å². The number of nitrogens with zero attached hydrogens (tertiary/aromatic N) is 1. The number of aliphatic hydroxyl groups is 1. The maximum absolute atomic E-state index is 13.6. The molecule has 0 radical (unpaired) electrons. The van der Waals surface area contributed by atoms with Crippen LogP contribution in [0.1, 0.15) is 51.5 Å². The molecule has 2 unspecified atom stereocenters. The third-order valence-electron chi connectivity index (χ3n) is 8.33. The van der Waals surface area contributed by atoms with E-state index in [0.29, 0.717) is 36.7 Å². The summed E-state index contributed by atoms with van der Waals surface area (Å²) in [6.45, 7) is 4.84. The number of hydrogen-bond acceptors (Lipinski definition) is 7. The SMILES string of the molecule is COc1ccc(S(=O)(=O)N(CC(C)C)C[C@@H](O)C(Cc2ccccc2)NC(=O)OCCC2CO[C@@H]3CCCC[C@H]23)cc1. The van der Waals surface area contributed by atoms with Crippen LogP contribution < -0.4 is 10.1 Å². The van der Waals surface area contributed by atoms with Crippen LogP contribution >= 0.6 is 0 Å². The number of nitrogens with one attached hydrogen (secondary N) is 1. The first-order valence-electron chi connectivity index (χ1n) is 15.1. The number of hydrogen-bond donors (Lipinski definition) is 2. The van der Waals surface area contributed by atoms with Gasteiger partial charge in [-0.15, -0.1) is 0 Å². The van der Waals surface area contributed by atoms with Crippen LogP contribution in [0.2, 0.25) is 0 Å². The monoisotopic (exact) mass is 602 g/mol. The molecule has 1 heterocycles. The number of methoxy groups -OCH3 is 1. The fraction of sp³-hybridized carbons (Fsp3) is 0.594. The van der Waals surface area contributed by atoms with Crippen molar-refractivity contribution in [2.45, 2.75) is 75.5 Å². The highest BCUT2D eigenvalue weighted by molar-refractivity contribution is 7.89. The van der Waals surface area contributed by atoms with Crippen LogP contribution in [-0.2, 0) is 25.9 Å². The van der Waals surface area contributed by atoms with Gasteiger partial charge in [0.25, 0.3) is 0 Å². The lowest BCUT2D eigenvalue weighted by Crippen LogP contribution is -2.51. The van der Waals surface area contributed by atoms with E-state index in [-0.39, 0.29) is 30.5 Å². The van der Waals surface area contributed by atoms with Crippen molar-refractivity contribution in [2.75, 3.05) is 33.4 Å². The highest BCUT2D eigenvalue weighted by Crippen LogP contribution is 2.39. The van der Waals surface area contributed by atoms with Crippen LogP contribution in [0, 0.1) is 17.8 Å². The number of carbonyl (C=O) groups excluding carboxylic acids is 1. The molecular formula is C32H46N2O7S. The standard InChI is InChI=1S/C32H46N2O7S/c1-23(2)20-34(42(37,38)27-15-13-26(39-3)14-16-27)21-30(35)29(19-24-9-5-4-6-10-24)33-32(36)40-18-17-25-22-41-31-12-8-7-11-28(25)31/h4-6,9-10,13-16,23,25,28-31,35H,7-8,11-12,17-22H2,1-3H3,(H,33,36)/t25?,28-,29?,30-,31-/m1/s1. The maximum Gasteiger partial charge on any atom is 0.407 e. The minimum atomic E-state index is -3.92. The molecule has 1 amide bonds. The second-order valence-corrected chi connectivity index (χ2v) is 13.8. The number of ether oxygens (including phenoxy) is 3. The zero-order valence-corrected chi connectivity index (χ0v) is 25.8. The van der Waals surface area contributed by atoms with Gasteiger partial charge in [-0.05, 0) is 73.3 Å². The molecule has 0 aromatic heterocycles. The minimum Gasteiger partial charge on any atom is -0.497 e. The van der Waals surface area contributed by atoms with Crippen LogP contribution in [0.15, 0.2) is 59.5 Å². The number of rotatable bonds is 14. The Kier molecular flexibility index (Phi) is 11.7. The van der Waals surface area contributed by atoms with Crippen molar-refractivity contribution in [1.29, 1.82) is 0 Å². The Balaban J connectivity index is 1.42. The molecule has 2 aromatic carbocycles. The van der Waals surface area contributed by atoms with E-state index < -0.39 is 28.3 Å². The topological polar surface area (TPSA) is 114 Å². The lowest BCUT2D eigenvalue weighted by molar-refractivity contribution is 0.0662. The number of aliphatic hydroxyl groups excluding tert-OH is 1. The summed E-state index contributed by atoms with van der Waals surface area (Å²) in [5.41, 5.74) is 0.904. The Hall–Kier alpha value is -2.66. The highest BCUT2D eigenvalue weighted by atomic mass is 32.2. The molecular weight excluding hydrogens is 556 g/mol. The first-order valence-corrected chi connectivity index (χ1v) is 16.5. The van der Waals surface area contributed by atoms with E-state index in [9.17, 15) is 18.3 Å². The number of benzene rings is 2. The van der Waals surface area contributed by atoms with E-state index in [1.54, 1.807) is 12.1 Å². The Morgan fingerprint density at radius 2 is 1.79 bits per heavy atom. The summed E-state index contributed by atoms with van der Waals surface area (Å²) in [5, 5.41) is 14.2. The number of amides is 1. The lowest BCUT2D eigenvalue weighted by Gasteiger charge is -2.30. The number of sulfonamides is 1. The average molecular weight is 603 g/mol. The molecule has 2 N–H and O–H groups in total. The molecule has 4 rings (SSSR count). The molecule has 0 bridgehead atoms. The van der Waals surface area contributed by atoms with Crippen molar-refractivity contribution < 1.29 is 32.5 Å². The number of carbonyl (C=O) groups is 1. The minimum absolute atomic E-state index is 0.0130. The van der Waals surface area contributed by atoms with Crippen molar-refractivity contribution in [1.82, 2.24) is 9.62 Å². The lowest BCUT2D eigenvalue weighted by atomic mass is 9.79. The van der Waals surface area contributed by atoms with Crippen LogP contribution in [0.25, 0.3) is 0 Å². The first-order chi connectivity index (χ1) is 20.2. The van der Waals surface area contributed by atoms with Gasteiger partial charge >= 0.3 is 6.09 Å². The summed E-state index contributed by atoms with van der Waals surface area (Å²) in [6, 6.07) is 14.9. The van der Waals surface area contributed by atoms with E-state index >= 15 is 0 Å². The van der Waals surface area contributed by atoms with Crippen molar-refractivity contribution >= 4 is 16.1 Å². The van der Waals surface area contributed by atoms with E-state index in [2.05, 4.69) is 5.32 Å². The second kappa shape index (κ2) is 15.2. The Labute approximate surface area is 250 Å². The predicted octanol–water partition coefficient (Wildman–Crippen LogP) is 4.64. The average Bonchev–Trinajstić information content (AvgIpc) is 3.39. The van der Waals surface area contributed by atoms with Crippen LogP contribution in [0.5, 0.6) is 5.75 Å². The largest absolute Gasteiger partial charge is 0.497 e. The molecule has 9 nitrogen and oxygen atoms in total. The zero-order valence-electron chi connectivity index (χ0n) is 25.0. The summed E-state index contributed by atoms with van der Waals surface area (Å²) in [5.74, 6) is 1.49. The molecule has 2 aliphatic rings. The zero-order chi connectivity index (χ0) is 30.1. The molecule has 1 saturated carbocycles. The fourth-order valence-electron chi connectivity index (χ4n) is 6.10. The summed E-state index contributed by atoms with van der Waals surface area (Å²) in [7, 11) is -2.40. The molecule has 1 aliphatic heterocycles. The molecule has 42 heavy (non-hydrogen) atoms. The Bertz CT molecular complexity index is 1220. The van der Waals surface area contributed by atoms with Gasteiger partial charge in [0.05, 0.1) is 43.5 Å².